The Morgan fingerprint density at radius 2 is 2.05 bits per heavy atom. The van der Waals surface area contributed by atoms with Crippen LogP contribution in [0, 0.1) is 0 Å². The summed E-state index contributed by atoms with van der Waals surface area (Å²) in [5.74, 6) is 1.41. The highest BCUT2D eigenvalue weighted by molar-refractivity contribution is 5.90. The van der Waals surface area contributed by atoms with Gasteiger partial charge in [-0.1, -0.05) is 6.08 Å². The van der Waals surface area contributed by atoms with E-state index in [0.29, 0.717) is 25.5 Å². The van der Waals surface area contributed by atoms with Gasteiger partial charge in [0.25, 0.3) is 0 Å². The monoisotopic (exact) mass is 303 g/mol. The van der Waals surface area contributed by atoms with Gasteiger partial charge in [-0.15, -0.1) is 6.58 Å². The molecule has 2 aliphatic rings. The molecule has 1 atom stereocenters. The number of rotatable bonds is 6. The van der Waals surface area contributed by atoms with Crippen LogP contribution in [-0.2, 0) is 4.74 Å². The zero-order chi connectivity index (χ0) is 15.4. The van der Waals surface area contributed by atoms with Gasteiger partial charge in [-0.2, -0.15) is 0 Å². The fraction of sp³-hybridized carbons (Fsp3) is 0.471. The van der Waals surface area contributed by atoms with E-state index in [1.165, 1.54) is 0 Å². The summed E-state index contributed by atoms with van der Waals surface area (Å²) >= 11 is 0. The first-order valence-electron chi connectivity index (χ1n) is 7.76. The molecule has 0 aromatic heterocycles. The lowest BCUT2D eigenvalue weighted by atomic mass is 10.1. The van der Waals surface area contributed by atoms with Gasteiger partial charge in [0, 0.05) is 6.07 Å². The highest BCUT2D eigenvalue weighted by Crippen LogP contribution is 2.35. The molecule has 0 spiro atoms. The summed E-state index contributed by atoms with van der Waals surface area (Å²) in [5, 5.41) is 0. The van der Waals surface area contributed by atoms with Crippen LogP contribution in [0.5, 0.6) is 11.5 Å². The molecule has 3 rings (SSSR count). The van der Waals surface area contributed by atoms with Gasteiger partial charge in [0.05, 0.1) is 12.2 Å². The van der Waals surface area contributed by atoms with E-state index in [9.17, 15) is 4.79 Å². The zero-order valence-corrected chi connectivity index (χ0v) is 12.6. The average molecular weight is 303 g/mol. The predicted octanol–water partition coefficient (Wildman–Crippen LogP) is 3.53. The van der Waals surface area contributed by atoms with Crippen molar-refractivity contribution in [3.05, 3.63) is 30.9 Å². The molecule has 118 valence electrons. The minimum absolute atomic E-state index is 0.0366. The molecule has 0 N–H and O–H groups in total. The van der Waals surface area contributed by atoms with Gasteiger partial charge in [-0.3, -0.25) is 4.90 Å². The minimum atomic E-state index is -0.287. The molecular weight excluding hydrogens is 282 g/mol. The Hall–Kier alpha value is -2.17. The summed E-state index contributed by atoms with van der Waals surface area (Å²) in [6.45, 7) is 5.40. The lowest BCUT2D eigenvalue weighted by Gasteiger charge is -2.21. The number of benzene rings is 1. The van der Waals surface area contributed by atoms with Crippen LogP contribution in [0.3, 0.4) is 0 Å². The van der Waals surface area contributed by atoms with Crippen LogP contribution in [0.15, 0.2) is 30.9 Å². The molecule has 2 aliphatic heterocycles. The van der Waals surface area contributed by atoms with Gasteiger partial charge in [-0.25, -0.2) is 4.79 Å². The van der Waals surface area contributed by atoms with E-state index in [1.54, 1.807) is 4.90 Å². The van der Waals surface area contributed by atoms with Crippen molar-refractivity contribution < 1.29 is 19.0 Å². The molecule has 1 saturated heterocycles. The summed E-state index contributed by atoms with van der Waals surface area (Å²) < 4.78 is 16.5. The second kappa shape index (κ2) is 6.73. The van der Waals surface area contributed by atoms with Crippen LogP contribution in [-0.4, -0.2) is 32.0 Å². The van der Waals surface area contributed by atoms with Crippen molar-refractivity contribution in [2.45, 2.75) is 31.8 Å². The van der Waals surface area contributed by atoms with Crippen LogP contribution in [0.1, 0.15) is 25.7 Å². The van der Waals surface area contributed by atoms with Crippen molar-refractivity contribution in [3.8, 4) is 11.5 Å². The van der Waals surface area contributed by atoms with Crippen LogP contribution in [0.4, 0.5) is 10.5 Å². The van der Waals surface area contributed by atoms with E-state index in [-0.39, 0.29) is 12.2 Å². The third kappa shape index (κ3) is 3.18. The number of ether oxygens (including phenoxy) is 3. The number of carbonyl (C=O) groups is 1. The fourth-order valence-corrected chi connectivity index (χ4v) is 2.74. The summed E-state index contributed by atoms with van der Waals surface area (Å²) in [5.41, 5.74) is 0.794. The van der Waals surface area contributed by atoms with Crippen LogP contribution >= 0.6 is 0 Å². The molecule has 5 heteroatoms. The second-order valence-electron chi connectivity index (χ2n) is 5.52. The second-order valence-corrected chi connectivity index (χ2v) is 5.52. The Balaban J connectivity index is 1.62. The molecule has 5 nitrogen and oxygen atoms in total. The zero-order valence-electron chi connectivity index (χ0n) is 12.6. The Labute approximate surface area is 130 Å². The van der Waals surface area contributed by atoms with Gasteiger partial charge in [0.1, 0.15) is 19.3 Å². The van der Waals surface area contributed by atoms with Crippen molar-refractivity contribution in [3.63, 3.8) is 0 Å². The van der Waals surface area contributed by atoms with E-state index in [4.69, 9.17) is 14.2 Å². The molecule has 0 radical (unpaired) electrons. The number of amides is 1. The first kappa shape index (κ1) is 14.8. The lowest BCUT2D eigenvalue weighted by Crippen LogP contribution is -2.25. The maximum atomic E-state index is 12.1. The van der Waals surface area contributed by atoms with E-state index in [2.05, 4.69) is 6.58 Å². The molecule has 1 fully saturated rings. The Morgan fingerprint density at radius 3 is 2.86 bits per heavy atom. The number of anilines is 1. The van der Waals surface area contributed by atoms with E-state index in [1.807, 2.05) is 24.3 Å². The molecule has 1 aromatic rings. The summed E-state index contributed by atoms with van der Waals surface area (Å²) in [6.07, 6.45) is 5.62. The topological polar surface area (TPSA) is 48.0 Å². The van der Waals surface area contributed by atoms with Gasteiger partial charge in [0.15, 0.2) is 11.5 Å². The molecule has 2 heterocycles. The smallest absolute Gasteiger partial charge is 0.414 e. The summed E-state index contributed by atoms with van der Waals surface area (Å²) in [7, 11) is 0. The standard InChI is InChI=1S/C17H21NO4/c1-2-3-4-5-6-14-12-18(17(19)22-14)13-7-8-15-16(11-13)21-10-9-20-15/h2,7-8,11,14H,1,3-6,9-10,12H2. The maximum absolute atomic E-state index is 12.1. The number of hydrogen-bond acceptors (Lipinski definition) is 4. The van der Waals surface area contributed by atoms with Crippen molar-refractivity contribution in [2.75, 3.05) is 24.7 Å². The van der Waals surface area contributed by atoms with E-state index in [0.717, 1.165) is 37.1 Å². The molecule has 1 amide bonds. The molecule has 0 saturated carbocycles. The van der Waals surface area contributed by atoms with Crippen molar-refractivity contribution in [2.24, 2.45) is 0 Å². The number of allylic oxidation sites excluding steroid dienone is 1. The summed E-state index contributed by atoms with van der Waals surface area (Å²) in [6, 6.07) is 5.55. The number of unbranched alkanes of at least 4 members (excludes halogenated alkanes) is 2. The lowest BCUT2D eigenvalue weighted by molar-refractivity contribution is 0.135. The van der Waals surface area contributed by atoms with Gasteiger partial charge < -0.3 is 14.2 Å². The van der Waals surface area contributed by atoms with Crippen molar-refractivity contribution in [1.82, 2.24) is 0 Å². The molecule has 22 heavy (non-hydrogen) atoms. The fourth-order valence-electron chi connectivity index (χ4n) is 2.74. The Morgan fingerprint density at radius 1 is 1.23 bits per heavy atom. The SMILES string of the molecule is C=CCCCCC1CN(c2ccc3c(c2)OCCO3)C(=O)O1. The summed E-state index contributed by atoms with van der Waals surface area (Å²) in [4.78, 5) is 13.7. The van der Waals surface area contributed by atoms with Crippen LogP contribution in [0.25, 0.3) is 0 Å². The van der Waals surface area contributed by atoms with Crippen molar-refractivity contribution in [1.29, 1.82) is 0 Å². The number of carbonyl (C=O) groups excluding carboxylic acids is 1. The van der Waals surface area contributed by atoms with E-state index >= 15 is 0 Å². The van der Waals surface area contributed by atoms with Gasteiger partial charge in [0.2, 0.25) is 0 Å². The molecule has 1 aromatic carbocycles. The highest BCUT2D eigenvalue weighted by Gasteiger charge is 2.32. The predicted molar refractivity (Wildman–Crippen MR) is 83.7 cm³/mol. The number of nitrogens with zero attached hydrogens (tertiary/aromatic N) is 1. The third-order valence-electron chi connectivity index (χ3n) is 3.90. The Kier molecular flexibility index (Phi) is 4.51. The first-order valence-corrected chi connectivity index (χ1v) is 7.76. The largest absolute Gasteiger partial charge is 0.486 e. The van der Waals surface area contributed by atoms with Crippen LogP contribution < -0.4 is 14.4 Å². The van der Waals surface area contributed by atoms with Gasteiger partial charge in [-0.05, 0) is 37.8 Å². The quantitative estimate of drug-likeness (QED) is 0.596. The minimum Gasteiger partial charge on any atom is -0.486 e. The van der Waals surface area contributed by atoms with Gasteiger partial charge >= 0.3 is 6.09 Å². The highest BCUT2D eigenvalue weighted by atomic mass is 16.6. The maximum Gasteiger partial charge on any atom is 0.414 e. The van der Waals surface area contributed by atoms with Crippen molar-refractivity contribution >= 4 is 11.8 Å². The molecule has 0 bridgehead atoms. The normalized spacial score (nSPS) is 19.9. The first-order chi connectivity index (χ1) is 10.8. The molecule has 0 aliphatic carbocycles. The Bertz CT molecular complexity index is 558. The molecular formula is C17H21NO4. The number of fused-ring (bicyclic) bond motifs is 1. The van der Waals surface area contributed by atoms with Crippen LogP contribution in [0.2, 0.25) is 0 Å². The average Bonchev–Trinajstić information content (AvgIpc) is 2.92. The third-order valence-corrected chi connectivity index (χ3v) is 3.90. The molecule has 1 unspecified atom stereocenters. The van der Waals surface area contributed by atoms with E-state index < -0.39 is 0 Å². The number of cyclic esters (lactones) is 1. The number of hydrogen-bond donors (Lipinski definition) is 0.